The first-order valence-corrected chi connectivity index (χ1v) is 10.2. The predicted molar refractivity (Wildman–Crippen MR) is 113 cm³/mol. The molecule has 0 bridgehead atoms. The van der Waals surface area contributed by atoms with Crippen LogP contribution in [0.4, 0.5) is 4.79 Å². The Balaban J connectivity index is 1.49. The number of aryl methyl sites for hydroxylation is 1. The van der Waals surface area contributed by atoms with Crippen molar-refractivity contribution in [3.63, 3.8) is 0 Å². The summed E-state index contributed by atoms with van der Waals surface area (Å²) < 4.78 is 1.95. The zero-order valence-corrected chi connectivity index (χ0v) is 18.0. The van der Waals surface area contributed by atoms with Crippen molar-refractivity contribution in [2.24, 2.45) is 0 Å². The van der Waals surface area contributed by atoms with E-state index in [1.54, 1.807) is 13.8 Å². The molecular weight excluding hydrogens is 382 g/mol. The molecule has 3 rings (SSSR count). The van der Waals surface area contributed by atoms with Crippen molar-refractivity contribution in [3.8, 4) is 0 Å². The Kier molecular flexibility index (Phi) is 6.24. The van der Waals surface area contributed by atoms with E-state index in [1.165, 1.54) is 10.5 Å². The molecular formula is C22H29N5O3. The average Bonchev–Trinajstić information content (AvgIpc) is 3.06. The molecule has 8 heteroatoms. The Morgan fingerprint density at radius 2 is 1.87 bits per heavy atom. The highest BCUT2D eigenvalue weighted by Gasteiger charge is 2.43. The van der Waals surface area contributed by atoms with Crippen LogP contribution in [0.1, 0.15) is 49.2 Å². The van der Waals surface area contributed by atoms with Crippen molar-refractivity contribution in [1.29, 1.82) is 0 Å². The lowest BCUT2D eigenvalue weighted by atomic mass is 10.1. The summed E-state index contributed by atoms with van der Waals surface area (Å²) in [5, 5.41) is 10.2. The van der Waals surface area contributed by atoms with E-state index in [4.69, 9.17) is 0 Å². The van der Waals surface area contributed by atoms with Gasteiger partial charge < -0.3 is 10.6 Å². The van der Waals surface area contributed by atoms with Crippen molar-refractivity contribution < 1.29 is 14.4 Å². The molecule has 2 heterocycles. The first kappa shape index (κ1) is 21.5. The number of benzene rings is 1. The van der Waals surface area contributed by atoms with E-state index in [9.17, 15) is 14.4 Å². The maximum Gasteiger partial charge on any atom is 0.325 e. The number of hydrogen-bond donors (Lipinski definition) is 2. The Hall–Kier alpha value is -3.16. The quantitative estimate of drug-likeness (QED) is 0.652. The molecule has 1 aliphatic heterocycles. The van der Waals surface area contributed by atoms with Gasteiger partial charge in [-0.2, -0.15) is 5.10 Å². The van der Waals surface area contributed by atoms with E-state index in [0.717, 1.165) is 17.0 Å². The molecule has 4 amide bonds. The Bertz CT molecular complexity index is 949. The van der Waals surface area contributed by atoms with Crippen LogP contribution in [0.15, 0.2) is 30.3 Å². The maximum atomic E-state index is 12.3. The van der Waals surface area contributed by atoms with Gasteiger partial charge in [-0.3, -0.25) is 19.2 Å². The van der Waals surface area contributed by atoms with Gasteiger partial charge in [0.2, 0.25) is 5.91 Å². The first-order valence-electron chi connectivity index (χ1n) is 10.2. The lowest BCUT2D eigenvalue weighted by Gasteiger charge is -2.15. The second-order valence-electron chi connectivity index (χ2n) is 8.18. The number of hydrogen-bond acceptors (Lipinski definition) is 4. The van der Waals surface area contributed by atoms with E-state index in [-0.39, 0.29) is 24.8 Å². The number of carbonyl (C=O) groups is 3. The number of rotatable bonds is 8. The second-order valence-corrected chi connectivity index (χ2v) is 8.18. The van der Waals surface area contributed by atoms with Gasteiger partial charge in [0.05, 0.1) is 12.2 Å². The summed E-state index contributed by atoms with van der Waals surface area (Å²) in [7, 11) is 0. The molecule has 2 N–H and O–H groups in total. The largest absolute Gasteiger partial charge is 0.352 e. The van der Waals surface area contributed by atoms with Crippen LogP contribution in [0.2, 0.25) is 0 Å². The van der Waals surface area contributed by atoms with Gasteiger partial charge in [-0.25, -0.2) is 4.79 Å². The van der Waals surface area contributed by atoms with Gasteiger partial charge in [0, 0.05) is 30.8 Å². The average molecular weight is 412 g/mol. The van der Waals surface area contributed by atoms with E-state index in [1.807, 2.05) is 36.7 Å². The molecule has 0 saturated carbocycles. The molecule has 8 nitrogen and oxygen atoms in total. The summed E-state index contributed by atoms with van der Waals surface area (Å²) in [6.07, 6.45) is 0.667. The minimum atomic E-state index is -0.881. The molecule has 0 aliphatic carbocycles. The zero-order chi connectivity index (χ0) is 21.9. The van der Waals surface area contributed by atoms with Crippen molar-refractivity contribution in [2.45, 2.75) is 59.2 Å². The number of urea groups is 1. The molecule has 160 valence electrons. The first-order chi connectivity index (χ1) is 14.2. The van der Waals surface area contributed by atoms with E-state index in [2.05, 4.69) is 27.9 Å². The minimum Gasteiger partial charge on any atom is -0.352 e. The van der Waals surface area contributed by atoms with Crippen molar-refractivity contribution in [3.05, 3.63) is 52.8 Å². The molecule has 1 aliphatic rings. The molecule has 1 fully saturated rings. The highest BCUT2D eigenvalue weighted by atomic mass is 16.2. The molecule has 1 saturated heterocycles. The van der Waals surface area contributed by atoms with Gasteiger partial charge in [-0.1, -0.05) is 30.3 Å². The Labute approximate surface area is 176 Å². The SMILES string of the molecule is Cc1nn(Cc2ccccc2)c(C)c1CNC(=O)CCCN1C(=O)NC(C)(C)C1=O. The van der Waals surface area contributed by atoms with Gasteiger partial charge >= 0.3 is 6.03 Å². The summed E-state index contributed by atoms with van der Waals surface area (Å²) >= 11 is 0. The van der Waals surface area contributed by atoms with Crippen LogP contribution in [-0.2, 0) is 22.7 Å². The molecule has 1 aromatic heterocycles. The molecule has 0 unspecified atom stereocenters. The summed E-state index contributed by atoms with van der Waals surface area (Å²) in [6, 6.07) is 9.71. The fourth-order valence-corrected chi connectivity index (χ4v) is 3.59. The number of imide groups is 1. The fourth-order valence-electron chi connectivity index (χ4n) is 3.59. The van der Waals surface area contributed by atoms with Gasteiger partial charge in [0.25, 0.3) is 5.91 Å². The third-order valence-electron chi connectivity index (χ3n) is 5.40. The maximum absolute atomic E-state index is 12.3. The van der Waals surface area contributed by atoms with Crippen LogP contribution in [0, 0.1) is 13.8 Å². The van der Waals surface area contributed by atoms with Crippen LogP contribution < -0.4 is 10.6 Å². The molecule has 30 heavy (non-hydrogen) atoms. The van der Waals surface area contributed by atoms with Gasteiger partial charge in [-0.15, -0.1) is 0 Å². The number of nitrogens with zero attached hydrogens (tertiary/aromatic N) is 3. The molecule has 0 atom stereocenters. The number of nitrogens with one attached hydrogen (secondary N) is 2. The van der Waals surface area contributed by atoms with Crippen LogP contribution in [0.25, 0.3) is 0 Å². The smallest absolute Gasteiger partial charge is 0.325 e. The lowest BCUT2D eigenvalue weighted by Crippen LogP contribution is -2.40. The molecule has 0 radical (unpaired) electrons. The summed E-state index contributed by atoms with van der Waals surface area (Å²) in [6.45, 7) is 8.60. The molecule has 2 aromatic rings. The van der Waals surface area contributed by atoms with Crippen molar-refractivity contribution >= 4 is 17.8 Å². The van der Waals surface area contributed by atoms with E-state index < -0.39 is 11.6 Å². The third-order valence-corrected chi connectivity index (χ3v) is 5.40. The lowest BCUT2D eigenvalue weighted by molar-refractivity contribution is -0.130. The van der Waals surface area contributed by atoms with Crippen LogP contribution in [0.3, 0.4) is 0 Å². The standard InChI is InChI=1S/C22H29N5O3/c1-15-18(16(2)27(25-15)14-17-9-6-5-7-10-17)13-23-19(28)11-8-12-26-20(29)22(3,4)24-21(26)30/h5-7,9-10H,8,11-14H2,1-4H3,(H,23,28)(H,24,30). The fraction of sp³-hybridized carbons (Fsp3) is 0.455. The molecule has 1 aromatic carbocycles. The summed E-state index contributed by atoms with van der Waals surface area (Å²) in [4.78, 5) is 37.5. The third kappa shape index (κ3) is 4.69. The summed E-state index contributed by atoms with van der Waals surface area (Å²) in [5.41, 5.74) is 3.22. The minimum absolute atomic E-state index is 0.115. The van der Waals surface area contributed by atoms with Crippen molar-refractivity contribution in [1.82, 2.24) is 25.3 Å². The second kappa shape index (κ2) is 8.69. The summed E-state index contributed by atoms with van der Waals surface area (Å²) in [5.74, 6) is -0.374. The normalized spacial score (nSPS) is 15.4. The highest BCUT2D eigenvalue weighted by Crippen LogP contribution is 2.17. The van der Waals surface area contributed by atoms with Crippen molar-refractivity contribution in [2.75, 3.05) is 6.54 Å². The van der Waals surface area contributed by atoms with E-state index in [0.29, 0.717) is 19.5 Å². The Morgan fingerprint density at radius 3 is 2.50 bits per heavy atom. The highest BCUT2D eigenvalue weighted by molar-refractivity contribution is 6.06. The predicted octanol–water partition coefficient (Wildman–Crippen LogP) is 2.28. The van der Waals surface area contributed by atoms with Crippen LogP contribution >= 0.6 is 0 Å². The van der Waals surface area contributed by atoms with Crippen LogP contribution in [0.5, 0.6) is 0 Å². The topological polar surface area (TPSA) is 96.3 Å². The van der Waals surface area contributed by atoms with Gasteiger partial charge in [0.15, 0.2) is 0 Å². The zero-order valence-electron chi connectivity index (χ0n) is 18.0. The molecule has 0 spiro atoms. The van der Waals surface area contributed by atoms with Crippen LogP contribution in [-0.4, -0.2) is 44.6 Å². The Morgan fingerprint density at radius 1 is 1.17 bits per heavy atom. The van der Waals surface area contributed by atoms with E-state index >= 15 is 0 Å². The van der Waals surface area contributed by atoms with Gasteiger partial charge in [-0.05, 0) is 39.7 Å². The van der Waals surface area contributed by atoms with Gasteiger partial charge in [0.1, 0.15) is 5.54 Å². The number of aromatic nitrogens is 2. The monoisotopic (exact) mass is 411 g/mol. The number of amides is 4. The number of carbonyl (C=O) groups excluding carboxylic acids is 3.